The Hall–Kier alpha value is -1.89. The van der Waals surface area contributed by atoms with E-state index in [4.69, 9.17) is 4.74 Å². The van der Waals surface area contributed by atoms with Crippen LogP contribution in [0.5, 0.6) is 0 Å². The van der Waals surface area contributed by atoms with Gasteiger partial charge in [0.15, 0.2) is 0 Å². The molecule has 3 saturated carbocycles. The minimum atomic E-state index is -0.888. The van der Waals surface area contributed by atoms with Crippen molar-refractivity contribution in [2.75, 3.05) is 11.9 Å². The van der Waals surface area contributed by atoms with Crippen molar-refractivity contribution in [2.45, 2.75) is 32.6 Å². The summed E-state index contributed by atoms with van der Waals surface area (Å²) in [6.07, 6.45) is 3.58. The second-order valence-electron chi connectivity index (χ2n) is 6.44. The summed E-state index contributed by atoms with van der Waals surface area (Å²) in [6, 6.07) is 1.61. The number of hydrogen-bond donors (Lipinski definition) is 2. The van der Waals surface area contributed by atoms with Crippen LogP contribution in [0.25, 0.3) is 0 Å². The number of thiophene rings is 1. The molecule has 1 aromatic rings. The molecule has 0 aromatic carbocycles. The fraction of sp³-hybridized carbons (Fsp3) is 0.588. The second-order valence-corrected chi connectivity index (χ2v) is 7.35. The first-order chi connectivity index (χ1) is 11.5. The number of amides is 1. The summed E-state index contributed by atoms with van der Waals surface area (Å²) in [6.45, 7) is 1.98. The van der Waals surface area contributed by atoms with Crippen molar-refractivity contribution in [3.05, 3.63) is 17.0 Å². The third-order valence-electron chi connectivity index (χ3n) is 5.20. The zero-order valence-electron chi connectivity index (χ0n) is 13.5. The standard InChI is InChI=1S/C17H21NO5S/c1-2-23-17(22)11-7-8-24-15(11)18-14(19)12-9-3-5-10(6-4-9)13(12)16(20)21/h7-10,12-13H,2-6H2,1H3,(H,18,19)(H,20,21)/t9?,10?,12-,13+/m0/s1. The minimum Gasteiger partial charge on any atom is -0.481 e. The molecular formula is C17H21NO5S. The molecule has 0 saturated heterocycles. The first-order valence-electron chi connectivity index (χ1n) is 8.31. The van der Waals surface area contributed by atoms with E-state index in [2.05, 4.69) is 5.32 Å². The van der Waals surface area contributed by atoms with E-state index >= 15 is 0 Å². The van der Waals surface area contributed by atoms with E-state index in [0.29, 0.717) is 10.6 Å². The molecule has 1 aromatic heterocycles. The monoisotopic (exact) mass is 351 g/mol. The number of anilines is 1. The van der Waals surface area contributed by atoms with Gasteiger partial charge in [0.2, 0.25) is 5.91 Å². The Bertz CT molecular complexity index is 647. The molecule has 0 unspecified atom stereocenters. The lowest BCUT2D eigenvalue weighted by Gasteiger charge is -2.45. The van der Waals surface area contributed by atoms with E-state index in [0.717, 1.165) is 25.7 Å². The van der Waals surface area contributed by atoms with Crippen molar-refractivity contribution in [1.29, 1.82) is 0 Å². The lowest BCUT2D eigenvalue weighted by molar-refractivity contribution is -0.156. The number of rotatable bonds is 5. The second kappa shape index (κ2) is 6.93. The Morgan fingerprint density at radius 1 is 1.21 bits per heavy atom. The molecule has 2 atom stereocenters. The van der Waals surface area contributed by atoms with Crippen LogP contribution in [-0.4, -0.2) is 29.6 Å². The summed E-state index contributed by atoms with van der Waals surface area (Å²) in [4.78, 5) is 36.4. The fourth-order valence-corrected chi connectivity index (χ4v) is 4.93. The quantitative estimate of drug-likeness (QED) is 0.796. The summed E-state index contributed by atoms with van der Waals surface area (Å²) in [5.41, 5.74) is 0.322. The lowest BCUT2D eigenvalue weighted by atomic mass is 9.58. The van der Waals surface area contributed by atoms with Crippen molar-refractivity contribution < 1.29 is 24.2 Å². The van der Waals surface area contributed by atoms with Crippen LogP contribution in [0.2, 0.25) is 0 Å². The number of carbonyl (C=O) groups is 3. The number of hydrogen-bond acceptors (Lipinski definition) is 5. The molecule has 4 rings (SSSR count). The largest absolute Gasteiger partial charge is 0.481 e. The number of carbonyl (C=O) groups excluding carboxylic acids is 2. The molecule has 7 heteroatoms. The molecule has 3 fully saturated rings. The number of carboxylic acids is 1. The Labute approximate surface area is 144 Å². The highest BCUT2D eigenvalue weighted by Gasteiger charge is 2.50. The highest BCUT2D eigenvalue weighted by Crippen LogP contribution is 2.49. The van der Waals surface area contributed by atoms with E-state index < -0.39 is 23.8 Å². The smallest absolute Gasteiger partial charge is 0.341 e. The summed E-state index contributed by atoms with van der Waals surface area (Å²) in [5, 5.41) is 14.5. The van der Waals surface area contributed by atoms with Gasteiger partial charge in [0.25, 0.3) is 0 Å². The number of ether oxygens (including phenoxy) is 1. The molecule has 1 heterocycles. The molecule has 130 valence electrons. The number of aliphatic carboxylic acids is 1. The number of carboxylic acid groups (broad SMARTS) is 1. The molecule has 24 heavy (non-hydrogen) atoms. The Morgan fingerprint density at radius 2 is 1.83 bits per heavy atom. The van der Waals surface area contributed by atoms with Gasteiger partial charge >= 0.3 is 11.9 Å². The third kappa shape index (κ3) is 3.05. The summed E-state index contributed by atoms with van der Waals surface area (Å²) >= 11 is 1.25. The lowest BCUT2D eigenvalue weighted by Crippen LogP contribution is -2.49. The van der Waals surface area contributed by atoms with Gasteiger partial charge < -0.3 is 15.2 Å². The maximum atomic E-state index is 12.8. The van der Waals surface area contributed by atoms with E-state index in [1.54, 1.807) is 18.4 Å². The van der Waals surface area contributed by atoms with Crippen molar-refractivity contribution in [3.63, 3.8) is 0 Å². The van der Waals surface area contributed by atoms with E-state index in [9.17, 15) is 19.5 Å². The molecule has 3 aliphatic rings. The summed E-state index contributed by atoms with van der Waals surface area (Å²) in [7, 11) is 0. The molecule has 2 bridgehead atoms. The zero-order valence-corrected chi connectivity index (χ0v) is 14.3. The normalized spacial score (nSPS) is 28.4. The van der Waals surface area contributed by atoms with Crippen LogP contribution < -0.4 is 5.32 Å². The molecule has 1 amide bonds. The van der Waals surface area contributed by atoms with E-state index in [1.807, 2.05) is 0 Å². The molecule has 0 spiro atoms. The van der Waals surface area contributed by atoms with Gasteiger partial charge in [0.05, 0.1) is 24.0 Å². The van der Waals surface area contributed by atoms with Gasteiger partial charge in [0.1, 0.15) is 5.00 Å². The van der Waals surface area contributed by atoms with Gasteiger partial charge in [-0.1, -0.05) is 0 Å². The number of esters is 1. The Kier molecular flexibility index (Phi) is 4.89. The molecule has 2 N–H and O–H groups in total. The van der Waals surface area contributed by atoms with Crippen molar-refractivity contribution in [2.24, 2.45) is 23.7 Å². The maximum Gasteiger partial charge on any atom is 0.341 e. The van der Waals surface area contributed by atoms with Gasteiger partial charge in [-0.15, -0.1) is 11.3 Å². The van der Waals surface area contributed by atoms with Crippen LogP contribution in [0.3, 0.4) is 0 Å². The molecule has 0 aliphatic heterocycles. The van der Waals surface area contributed by atoms with Crippen molar-refractivity contribution in [1.82, 2.24) is 0 Å². The van der Waals surface area contributed by atoms with Crippen LogP contribution in [0.1, 0.15) is 43.0 Å². The Balaban J connectivity index is 1.78. The number of nitrogens with one attached hydrogen (secondary N) is 1. The fourth-order valence-electron chi connectivity index (χ4n) is 4.15. The highest BCUT2D eigenvalue weighted by atomic mass is 32.1. The predicted molar refractivity (Wildman–Crippen MR) is 89.0 cm³/mol. The zero-order chi connectivity index (χ0) is 17.3. The predicted octanol–water partition coefficient (Wildman–Crippen LogP) is 3.00. The summed E-state index contributed by atoms with van der Waals surface area (Å²) in [5.74, 6) is -2.60. The van der Waals surface area contributed by atoms with Crippen LogP contribution >= 0.6 is 11.3 Å². The Morgan fingerprint density at radius 3 is 2.42 bits per heavy atom. The number of fused-ring (bicyclic) bond motifs is 3. The molecule has 0 radical (unpaired) electrons. The average Bonchev–Trinajstić information content (AvgIpc) is 3.03. The minimum absolute atomic E-state index is 0.0797. The highest BCUT2D eigenvalue weighted by molar-refractivity contribution is 7.14. The van der Waals surface area contributed by atoms with Crippen molar-refractivity contribution >= 4 is 34.2 Å². The van der Waals surface area contributed by atoms with Crippen LogP contribution in [0.4, 0.5) is 5.00 Å². The van der Waals surface area contributed by atoms with E-state index in [-0.39, 0.29) is 24.3 Å². The van der Waals surface area contributed by atoms with Gasteiger partial charge in [-0.3, -0.25) is 9.59 Å². The van der Waals surface area contributed by atoms with Gasteiger partial charge in [-0.2, -0.15) is 0 Å². The third-order valence-corrected chi connectivity index (χ3v) is 6.03. The SMILES string of the molecule is CCOC(=O)c1ccsc1NC(=O)[C@H]1C2CCC(CC2)[C@H]1C(=O)O. The van der Waals surface area contributed by atoms with Crippen LogP contribution in [0.15, 0.2) is 11.4 Å². The summed E-state index contributed by atoms with van der Waals surface area (Å²) < 4.78 is 4.99. The molecule has 6 nitrogen and oxygen atoms in total. The van der Waals surface area contributed by atoms with Crippen LogP contribution in [-0.2, 0) is 14.3 Å². The van der Waals surface area contributed by atoms with Gasteiger partial charge in [-0.05, 0) is 55.9 Å². The first kappa shape index (κ1) is 17.0. The van der Waals surface area contributed by atoms with Gasteiger partial charge in [-0.25, -0.2) is 4.79 Å². The van der Waals surface area contributed by atoms with E-state index in [1.165, 1.54) is 11.3 Å². The van der Waals surface area contributed by atoms with Crippen LogP contribution in [0, 0.1) is 23.7 Å². The molecule has 3 aliphatic carbocycles. The molecular weight excluding hydrogens is 330 g/mol. The average molecular weight is 351 g/mol. The van der Waals surface area contributed by atoms with Gasteiger partial charge in [0, 0.05) is 0 Å². The maximum absolute atomic E-state index is 12.8. The topological polar surface area (TPSA) is 92.7 Å². The first-order valence-corrected chi connectivity index (χ1v) is 9.19. The van der Waals surface area contributed by atoms with Crippen molar-refractivity contribution in [3.8, 4) is 0 Å².